The van der Waals surface area contributed by atoms with E-state index in [9.17, 15) is 14.4 Å². The first kappa shape index (κ1) is 21.4. The Bertz CT molecular complexity index is 1300. The third-order valence-corrected chi connectivity index (χ3v) is 5.95. The van der Waals surface area contributed by atoms with Gasteiger partial charge in [-0.3, -0.25) is 18.7 Å². The SMILES string of the molecule is CCn1c(=O)c2ccccc2n(CC(=O)N2CCCN(c3ccc(C#N)cc3)CC2)c1=O. The van der Waals surface area contributed by atoms with Crippen LogP contribution in [0.3, 0.4) is 0 Å². The average molecular weight is 431 g/mol. The van der Waals surface area contributed by atoms with E-state index >= 15 is 0 Å². The second-order valence-electron chi connectivity index (χ2n) is 7.82. The maximum atomic E-state index is 13.2. The molecule has 1 fully saturated rings. The van der Waals surface area contributed by atoms with Gasteiger partial charge in [0, 0.05) is 38.4 Å². The molecule has 4 rings (SSSR count). The summed E-state index contributed by atoms with van der Waals surface area (Å²) in [6.07, 6.45) is 0.801. The van der Waals surface area contributed by atoms with Crippen LogP contribution in [0.2, 0.25) is 0 Å². The average Bonchev–Trinajstić information content (AvgIpc) is 3.08. The quantitative estimate of drug-likeness (QED) is 0.628. The lowest BCUT2D eigenvalue weighted by Crippen LogP contribution is -2.44. The number of nitrogens with zero attached hydrogens (tertiary/aromatic N) is 5. The number of para-hydroxylation sites is 1. The summed E-state index contributed by atoms with van der Waals surface area (Å²) in [5.41, 5.74) is 1.33. The first-order valence-electron chi connectivity index (χ1n) is 10.8. The van der Waals surface area contributed by atoms with Crippen LogP contribution < -0.4 is 16.1 Å². The molecular weight excluding hydrogens is 406 g/mol. The fraction of sp³-hybridized carbons (Fsp3) is 0.333. The maximum Gasteiger partial charge on any atom is 0.331 e. The molecule has 0 N–H and O–H groups in total. The van der Waals surface area contributed by atoms with Gasteiger partial charge in [-0.2, -0.15) is 5.26 Å². The molecule has 1 aliphatic rings. The topological polar surface area (TPSA) is 91.3 Å². The predicted molar refractivity (Wildman–Crippen MR) is 123 cm³/mol. The number of nitriles is 1. The zero-order chi connectivity index (χ0) is 22.7. The van der Waals surface area contributed by atoms with Crippen molar-refractivity contribution in [3.8, 4) is 6.07 Å². The highest BCUT2D eigenvalue weighted by Crippen LogP contribution is 2.18. The molecule has 1 amide bonds. The van der Waals surface area contributed by atoms with Gasteiger partial charge in [0.15, 0.2) is 0 Å². The molecule has 0 aliphatic carbocycles. The van der Waals surface area contributed by atoms with Crippen molar-refractivity contribution in [2.24, 2.45) is 0 Å². The summed E-state index contributed by atoms with van der Waals surface area (Å²) in [5, 5.41) is 9.42. The number of rotatable bonds is 4. The summed E-state index contributed by atoms with van der Waals surface area (Å²) in [5.74, 6) is -0.139. The minimum absolute atomic E-state index is 0.101. The summed E-state index contributed by atoms with van der Waals surface area (Å²) in [4.78, 5) is 42.7. The van der Waals surface area contributed by atoms with Crippen molar-refractivity contribution in [2.45, 2.75) is 26.4 Å². The van der Waals surface area contributed by atoms with Crippen LogP contribution in [-0.2, 0) is 17.9 Å². The van der Waals surface area contributed by atoms with Crippen molar-refractivity contribution in [3.63, 3.8) is 0 Å². The Morgan fingerprint density at radius 1 is 0.969 bits per heavy atom. The number of fused-ring (bicyclic) bond motifs is 1. The lowest BCUT2D eigenvalue weighted by molar-refractivity contribution is -0.131. The first-order valence-corrected chi connectivity index (χ1v) is 10.8. The molecule has 0 bridgehead atoms. The number of hydrogen-bond donors (Lipinski definition) is 0. The number of amides is 1. The summed E-state index contributed by atoms with van der Waals surface area (Å²) in [7, 11) is 0. The van der Waals surface area contributed by atoms with Gasteiger partial charge in [-0.1, -0.05) is 12.1 Å². The van der Waals surface area contributed by atoms with Crippen LogP contribution in [-0.4, -0.2) is 46.1 Å². The van der Waals surface area contributed by atoms with Crippen LogP contribution in [0, 0.1) is 11.3 Å². The molecule has 8 nitrogen and oxygen atoms in total. The molecule has 3 aromatic rings. The van der Waals surface area contributed by atoms with E-state index in [0.717, 1.165) is 18.7 Å². The Balaban J connectivity index is 1.55. The fourth-order valence-corrected chi connectivity index (χ4v) is 4.21. The largest absolute Gasteiger partial charge is 0.370 e. The van der Waals surface area contributed by atoms with Gasteiger partial charge in [0.25, 0.3) is 5.56 Å². The smallest absolute Gasteiger partial charge is 0.331 e. The van der Waals surface area contributed by atoms with E-state index in [1.54, 1.807) is 48.2 Å². The number of anilines is 1. The molecule has 2 heterocycles. The van der Waals surface area contributed by atoms with Gasteiger partial charge >= 0.3 is 5.69 Å². The zero-order valence-electron chi connectivity index (χ0n) is 18.0. The van der Waals surface area contributed by atoms with Crippen LogP contribution in [0.1, 0.15) is 18.9 Å². The Labute approximate surface area is 185 Å². The Morgan fingerprint density at radius 3 is 2.44 bits per heavy atom. The first-order chi connectivity index (χ1) is 15.5. The van der Waals surface area contributed by atoms with E-state index in [2.05, 4.69) is 11.0 Å². The molecule has 1 aliphatic heterocycles. The van der Waals surface area contributed by atoms with E-state index in [4.69, 9.17) is 5.26 Å². The van der Waals surface area contributed by atoms with Crippen LogP contribution in [0.5, 0.6) is 0 Å². The predicted octanol–water partition coefficient (Wildman–Crippen LogP) is 1.79. The number of hydrogen-bond acceptors (Lipinski definition) is 5. The van der Waals surface area contributed by atoms with Crippen molar-refractivity contribution in [2.75, 3.05) is 31.1 Å². The molecule has 0 unspecified atom stereocenters. The van der Waals surface area contributed by atoms with Crippen molar-refractivity contribution in [1.29, 1.82) is 5.26 Å². The van der Waals surface area contributed by atoms with Crippen LogP contribution in [0.25, 0.3) is 10.9 Å². The summed E-state index contributed by atoms with van der Waals surface area (Å²) < 4.78 is 2.58. The second kappa shape index (κ2) is 9.10. The molecule has 1 aromatic heterocycles. The lowest BCUT2D eigenvalue weighted by atomic mass is 10.2. The third-order valence-electron chi connectivity index (χ3n) is 5.95. The molecule has 164 valence electrons. The number of carbonyl (C=O) groups excluding carboxylic acids is 1. The molecule has 8 heteroatoms. The van der Waals surface area contributed by atoms with Crippen LogP contribution in [0.4, 0.5) is 5.69 Å². The molecule has 0 saturated carbocycles. The monoisotopic (exact) mass is 431 g/mol. The number of carbonyl (C=O) groups is 1. The highest BCUT2D eigenvalue weighted by Gasteiger charge is 2.22. The Kier molecular flexibility index (Phi) is 6.08. The number of benzene rings is 2. The van der Waals surface area contributed by atoms with Crippen molar-refractivity contribution >= 4 is 22.5 Å². The minimum atomic E-state index is -0.460. The fourth-order valence-electron chi connectivity index (χ4n) is 4.21. The van der Waals surface area contributed by atoms with Crippen LogP contribution >= 0.6 is 0 Å². The maximum absolute atomic E-state index is 13.2. The normalized spacial score (nSPS) is 14.2. The summed E-state index contributed by atoms with van der Waals surface area (Å²) in [6, 6.07) is 16.5. The molecule has 0 spiro atoms. The van der Waals surface area contributed by atoms with E-state index in [-0.39, 0.29) is 24.6 Å². The van der Waals surface area contributed by atoms with Crippen molar-refractivity contribution in [3.05, 3.63) is 74.9 Å². The summed E-state index contributed by atoms with van der Waals surface area (Å²) >= 11 is 0. The van der Waals surface area contributed by atoms with Crippen molar-refractivity contribution in [1.82, 2.24) is 14.0 Å². The second-order valence-corrected chi connectivity index (χ2v) is 7.82. The van der Waals surface area contributed by atoms with Crippen LogP contribution in [0.15, 0.2) is 58.1 Å². The van der Waals surface area contributed by atoms with Gasteiger partial charge in [-0.15, -0.1) is 0 Å². The van der Waals surface area contributed by atoms with E-state index in [0.29, 0.717) is 36.1 Å². The molecule has 0 radical (unpaired) electrons. The van der Waals surface area contributed by atoms with Gasteiger partial charge in [0.2, 0.25) is 5.91 Å². The van der Waals surface area contributed by atoms with E-state index < -0.39 is 5.69 Å². The Morgan fingerprint density at radius 2 is 1.72 bits per heavy atom. The van der Waals surface area contributed by atoms with Gasteiger partial charge < -0.3 is 9.80 Å². The molecule has 32 heavy (non-hydrogen) atoms. The molecule has 0 atom stereocenters. The third kappa shape index (κ3) is 4.02. The molecule has 2 aromatic carbocycles. The zero-order valence-corrected chi connectivity index (χ0v) is 18.0. The molecule has 1 saturated heterocycles. The van der Waals surface area contributed by atoms with Gasteiger partial charge in [-0.25, -0.2) is 4.79 Å². The van der Waals surface area contributed by atoms with Gasteiger partial charge in [0.1, 0.15) is 6.54 Å². The van der Waals surface area contributed by atoms with Gasteiger partial charge in [-0.05, 0) is 49.7 Å². The van der Waals surface area contributed by atoms with Gasteiger partial charge in [0.05, 0.1) is 22.5 Å². The highest BCUT2D eigenvalue weighted by atomic mass is 16.2. The van der Waals surface area contributed by atoms with E-state index in [1.807, 2.05) is 12.1 Å². The van der Waals surface area contributed by atoms with Crippen molar-refractivity contribution < 1.29 is 4.79 Å². The number of aromatic nitrogens is 2. The summed E-state index contributed by atoms with van der Waals surface area (Å²) in [6.45, 7) is 4.51. The lowest BCUT2D eigenvalue weighted by Gasteiger charge is -2.24. The minimum Gasteiger partial charge on any atom is -0.370 e. The van der Waals surface area contributed by atoms with E-state index in [1.165, 1.54) is 9.13 Å². The molecular formula is C24H25N5O3. The highest BCUT2D eigenvalue weighted by molar-refractivity contribution is 5.81. The standard InChI is InChI=1S/C24H25N5O3/c1-2-28-23(31)20-6-3-4-7-21(20)29(24(28)32)17-22(30)27-13-5-12-26(14-15-27)19-10-8-18(16-25)9-11-19/h3-4,6-11H,2,5,12-15,17H2,1H3. The Hall–Kier alpha value is -3.86.